The first-order valence-electron chi connectivity index (χ1n) is 16.6. The van der Waals surface area contributed by atoms with Crippen molar-refractivity contribution in [1.82, 2.24) is 4.90 Å². The number of morpholine rings is 1. The van der Waals surface area contributed by atoms with Crippen LogP contribution in [-0.4, -0.2) is 92.1 Å². The molecular weight excluding hydrogens is 504 g/mol. The summed E-state index contributed by atoms with van der Waals surface area (Å²) in [6, 6.07) is 0.702. The number of likely N-dealkylation sites (tertiary alicyclic amines) is 1. The molecule has 10 atom stereocenters. The molecule has 6 fully saturated rings. The monoisotopic (exact) mass is 559 g/mol. The number of fused-ring (bicyclic) bond motifs is 5. The third-order valence-electron chi connectivity index (χ3n) is 13.4. The summed E-state index contributed by atoms with van der Waals surface area (Å²) in [7, 11) is 2.46. The largest absolute Gasteiger partial charge is 0.461 e. The molecule has 4 aliphatic carbocycles. The van der Waals surface area contributed by atoms with Gasteiger partial charge in [-0.25, -0.2) is 0 Å². The quantitative estimate of drug-likeness (QED) is 0.364. The van der Waals surface area contributed by atoms with E-state index in [4.69, 9.17) is 14.2 Å². The molecule has 226 valence electrons. The van der Waals surface area contributed by atoms with Gasteiger partial charge in [0.15, 0.2) is 6.10 Å². The van der Waals surface area contributed by atoms with Crippen molar-refractivity contribution >= 4 is 11.9 Å². The van der Waals surface area contributed by atoms with Gasteiger partial charge in [-0.2, -0.15) is 0 Å². The Morgan fingerprint density at radius 2 is 1.57 bits per heavy atom. The lowest BCUT2D eigenvalue weighted by molar-refractivity contribution is -0.940. The fourth-order valence-corrected chi connectivity index (χ4v) is 11.4. The van der Waals surface area contributed by atoms with Gasteiger partial charge in [0, 0.05) is 44.8 Å². The summed E-state index contributed by atoms with van der Waals surface area (Å²) in [5.41, 5.74) is 0.320. The summed E-state index contributed by atoms with van der Waals surface area (Å²) in [5.74, 6) is 2.35. The number of hydrogen-bond acceptors (Lipinski definition) is 6. The summed E-state index contributed by atoms with van der Waals surface area (Å²) in [6.07, 6.45) is 12.1. The van der Waals surface area contributed by atoms with Crippen LogP contribution in [0.5, 0.6) is 0 Å². The summed E-state index contributed by atoms with van der Waals surface area (Å²) < 4.78 is 19.2. The molecule has 6 rings (SSSR count). The summed E-state index contributed by atoms with van der Waals surface area (Å²) >= 11 is 0. The van der Waals surface area contributed by atoms with Gasteiger partial charge in [0.05, 0.1) is 33.4 Å². The van der Waals surface area contributed by atoms with E-state index in [0.29, 0.717) is 29.7 Å². The van der Waals surface area contributed by atoms with Crippen LogP contribution in [0.25, 0.3) is 0 Å². The molecule has 2 saturated heterocycles. The average Bonchev–Trinajstić information content (AvgIpc) is 3.21. The van der Waals surface area contributed by atoms with Gasteiger partial charge in [0.1, 0.15) is 12.1 Å². The van der Waals surface area contributed by atoms with Crippen LogP contribution in [0.15, 0.2) is 0 Å². The van der Waals surface area contributed by atoms with E-state index in [1.54, 1.807) is 13.8 Å². The van der Waals surface area contributed by atoms with Crippen LogP contribution in [0, 0.1) is 34.5 Å². The van der Waals surface area contributed by atoms with Crippen LogP contribution in [0.3, 0.4) is 0 Å². The third-order valence-corrected chi connectivity index (χ3v) is 13.4. The van der Waals surface area contributed by atoms with E-state index < -0.39 is 0 Å². The molecule has 40 heavy (non-hydrogen) atoms. The number of nitrogens with zero attached hydrogens (tertiary/aromatic N) is 2. The Bertz CT molecular complexity index is 960. The number of esters is 2. The van der Waals surface area contributed by atoms with Gasteiger partial charge >= 0.3 is 11.9 Å². The SMILES string of the molecule is CC(=O)OC1CC2CC[C@@H]3[C@@H](CC[C@]4(C)C(OC(C)=O)C([N+]5(C)CCCCC5)C[C@@H]34)[C@@]2(C)CC1N1CCOCC1. The van der Waals surface area contributed by atoms with Gasteiger partial charge in [0.25, 0.3) is 0 Å². The first-order valence-corrected chi connectivity index (χ1v) is 16.6. The highest BCUT2D eigenvalue weighted by molar-refractivity contribution is 5.66. The Morgan fingerprint density at radius 3 is 2.25 bits per heavy atom. The molecule has 7 heteroatoms. The summed E-state index contributed by atoms with van der Waals surface area (Å²) in [4.78, 5) is 27.2. The minimum Gasteiger partial charge on any atom is -0.461 e. The van der Waals surface area contributed by atoms with Gasteiger partial charge in [-0.1, -0.05) is 13.8 Å². The predicted octanol–water partition coefficient (Wildman–Crippen LogP) is 4.81. The zero-order valence-corrected chi connectivity index (χ0v) is 25.9. The van der Waals surface area contributed by atoms with Gasteiger partial charge < -0.3 is 18.7 Å². The molecule has 0 aromatic carbocycles. The Labute approximate surface area is 242 Å². The maximum Gasteiger partial charge on any atom is 0.303 e. The van der Waals surface area contributed by atoms with Crippen molar-refractivity contribution in [2.45, 2.75) is 116 Å². The van der Waals surface area contributed by atoms with Crippen molar-refractivity contribution in [2.24, 2.45) is 34.5 Å². The fourth-order valence-electron chi connectivity index (χ4n) is 11.4. The normalized spacial score (nSPS) is 46.9. The summed E-state index contributed by atoms with van der Waals surface area (Å²) in [6.45, 7) is 14.1. The Balaban J connectivity index is 1.29. The number of piperidine rings is 1. The van der Waals surface area contributed by atoms with Gasteiger partial charge in [-0.3, -0.25) is 14.5 Å². The maximum absolute atomic E-state index is 12.5. The minimum absolute atomic E-state index is 0.00756. The van der Waals surface area contributed by atoms with E-state index >= 15 is 0 Å². The maximum atomic E-state index is 12.5. The van der Waals surface area contributed by atoms with Crippen molar-refractivity contribution in [3.8, 4) is 0 Å². The van der Waals surface area contributed by atoms with Gasteiger partial charge in [-0.15, -0.1) is 0 Å². The molecule has 5 unspecified atom stereocenters. The number of likely N-dealkylation sites (N-methyl/N-ethyl adjacent to an activating group) is 1. The topological polar surface area (TPSA) is 65.1 Å². The first kappa shape index (κ1) is 28.9. The molecule has 0 radical (unpaired) electrons. The standard InChI is InChI=1S/C33H55N2O5/c1-22(36)39-30-19-24-9-10-25-26(33(24,4)21-28(30)34-13-17-38-18-14-34)11-12-32(3)27(25)20-29(31(32)40-23(2)37)35(5)15-7-6-8-16-35/h24-31H,6-21H2,1-5H3/q+1/t24?,25-,26-,27+,28?,29?,30?,31?,32+,33+/m1/s1. The number of quaternary nitrogens is 1. The highest BCUT2D eigenvalue weighted by atomic mass is 16.5. The van der Waals surface area contributed by atoms with Gasteiger partial charge in [0.2, 0.25) is 0 Å². The van der Waals surface area contributed by atoms with E-state index in [0.717, 1.165) is 50.0 Å². The molecule has 0 N–H and O–H groups in total. The van der Waals surface area contributed by atoms with Crippen molar-refractivity contribution in [2.75, 3.05) is 46.4 Å². The van der Waals surface area contributed by atoms with E-state index in [1.807, 2.05) is 0 Å². The van der Waals surface area contributed by atoms with Crippen LogP contribution >= 0.6 is 0 Å². The van der Waals surface area contributed by atoms with Gasteiger partial charge in [-0.05, 0) is 86.9 Å². The van der Waals surface area contributed by atoms with Crippen molar-refractivity contribution in [3.63, 3.8) is 0 Å². The second kappa shape index (κ2) is 10.8. The van der Waals surface area contributed by atoms with Crippen LogP contribution in [-0.2, 0) is 23.8 Å². The molecule has 0 aromatic heterocycles. The second-order valence-electron chi connectivity index (χ2n) is 15.3. The third kappa shape index (κ3) is 4.84. The predicted molar refractivity (Wildman–Crippen MR) is 153 cm³/mol. The van der Waals surface area contributed by atoms with E-state index in [1.165, 1.54) is 58.0 Å². The van der Waals surface area contributed by atoms with E-state index in [-0.39, 0.29) is 41.0 Å². The molecular formula is C33H55N2O5+. The van der Waals surface area contributed by atoms with E-state index in [9.17, 15) is 9.59 Å². The smallest absolute Gasteiger partial charge is 0.303 e. The second-order valence-corrected chi connectivity index (χ2v) is 15.3. The van der Waals surface area contributed by atoms with Crippen molar-refractivity contribution < 1.29 is 28.3 Å². The molecule has 0 amide bonds. The number of ether oxygens (including phenoxy) is 3. The Morgan fingerprint density at radius 1 is 0.875 bits per heavy atom. The molecule has 2 aliphatic heterocycles. The zero-order valence-electron chi connectivity index (χ0n) is 25.9. The average molecular weight is 560 g/mol. The molecule has 2 heterocycles. The molecule has 4 saturated carbocycles. The number of carbonyl (C=O) groups is 2. The van der Waals surface area contributed by atoms with E-state index in [2.05, 4.69) is 25.8 Å². The number of carbonyl (C=O) groups excluding carboxylic acids is 2. The summed E-state index contributed by atoms with van der Waals surface area (Å²) in [5, 5.41) is 0. The Kier molecular flexibility index (Phi) is 7.83. The molecule has 7 nitrogen and oxygen atoms in total. The minimum atomic E-state index is -0.142. The van der Waals surface area contributed by atoms with Crippen molar-refractivity contribution in [3.05, 3.63) is 0 Å². The first-order chi connectivity index (χ1) is 19.0. The highest BCUT2D eigenvalue weighted by Crippen LogP contribution is 2.67. The Hall–Kier alpha value is -1.18. The lowest BCUT2D eigenvalue weighted by Gasteiger charge is -2.62. The van der Waals surface area contributed by atoms with Crippen LogP contribution < -0.4 is 0 Å². The van der Waals surface area contributed by atoms with Crippen LogP contribution in [0.2, 0.25) is 0 Å². The lowest BCUT2D eigenvalue weighted by atomic mass is 9.44. The zero-order chi connectivity index (χ0) is 28.3. The lowest BCUT2D eigenvalue weighted by Crippen LogP contribution is -2.62. The molecule has 6 aliphatic rings. The molecule has 0 bridgehead atoms. The number of hydrogen-bond donors (Lipinski definition) is 0. The van der Waals surface area contributed by atoms with Crippen LogP contribution in [0.4, 0.5) is 0 Å². The molecule has 0 aromatic rings. The van der Waals surface area contributed by atoms with Crippen molar-refractivity contribution in [1.29, 1.82) is 0 Å². The highest BCUT2D eigenvalue weighted by Gasteiger charge is 2.67. The number of rotatable bonds is 4. The molecule has 0 spiro atoms. The fraction of sp³-hybridized carbons (Fsp3) is 0.939. The van der Waals surface area contributed by atoms with Crippen LogP contribution in [0.1, 0.15) is 91.9 Å².